The normalized spacial score (nSPS) is 14.5. The Bertz CT molecular complexity index is 1320. The molecule has 3 aromatic rings. The number of amides is 2. The van der Waals surface area contributed by atoms with Crippen LogP contribution in [0, 0.1) is 0 Å². The number of fused-ring (bicyclic) bond motifs is 1. The van der Waals surface area contributed by atoms with Crippen LogP contribution in [0.2, 0.25) is 0 Å². The molecule has 39 heavy (non-hydrogen) atoms. The van der Waals surface area contributed by atoms with Gasteiger partial charge in [0.15, 0.2) is 17.6 Å². The van der Waals surface area contributed by atoms with Gasteiger partial charge in [-0.25, -0.2) is 0 Å². The molecule has 9 nitrogen and oxygen atoms in total. The number of anilines is 1. The molecule has 0 saturated carbocycles. The molecule has 1 aliphatic rings. The Morgan fingerprint density at radius 1 is 0.923 bits per heavy atom. The summed E-state index contributed by atoms with van der Waals surface area (Å²) in [4.78, 5) is 28.3. The second-order valence-electron chi connectivity index (χ2n) is 9.03. The van der Waals surface area contributed by atoms with Gasteiger partial charge in [0.25, 0.3) is 11.8 Å². The van der Waals surface area contributed by atoms with Gasteiger partial charge in [0.1, 0.15) is 22.8 Å². The van der Waals surface area contributed by atoms with Crippen molar-refractivity contribution in [2.75, 3.05) is 40.3 Å². The smallest absolute Gasteiger partial charge is 0.263 e. The molecule has 1 aliphatic heterocycles. The molecule has 0 fully saturated rings. The van der Waals surface area contributed by atoms with Gasteiger partial charge in [-0.1, -0.05) is 19.1 Å². The Morgan fingerprint density at radius 3 is 2.26 bits per heavy atom. The van der Waals surface area contributed by atoms with Gasteiger partial charge in [0.05, 0.1) is 28.4 Å². The predicted molar refractivity (Wildman–Crippen MR) is 147 cm³/mol. The highest BCUT2D eigenvalue weighted by Crippen LogP contribution is 2.33. The molecule has 0 bridgehead atoms. The van der Waals surface area contributed by atoms with Crippen molar-refractivity contribution in [2.45, 2.75) is 32.4 Å². The number of benzene rings is 3. The van der Waals surface area contributed by atoms with E-state index in [2.05, 4.69) is 5.32 Å². The Hall–Kier alpha value is -4.40. The van der Waals surface area contributed by atoms with Gasteiger partial charge in [0.2, 0.25) is 0 Å². The fraction of sp³-hybridized carbons (Fsp3) is 0.333. The highest BCUT2D eigenvalue weighted by atomic mass is 16.5. The second-order valence-corrected chi connectivity index (χ2v) is 9.03. The third kappa shape index (κ3) is 6.03. The molecular weight excluding hydrogens is 500 g/mol. The number of hydrogen-bond acceptors (Lipinski definition) is 7. The Kier molecular flexibility index (Phi) is 8.81. The summed E-state index contributed by atoms with van der Waals surface area (Å²) in [7, 11) is 6.20. The number of nitrogens with one attached hydrogen (secondary N) is 1. The molecule has 0 aliphatic carbocycles. The van der Waals surface area contributed by atoms with Gasteiger partial charge in [0, 0.05) is 24.3 Å². The average Bonchev–Trinajstić information content (AvgIpc) is 3.10. The van der Waals surface area contributed by atoms with Crippen molar-refractivity contribution in [3.63, 3.8) is 0 Å². The molecule has 2 amide bonds. The van der Waals surface area contributed by atoms with Crippen LogP contribution in [0.4, 0.5) is 5.69 Å². The SMILES string of the molecule is CCC1Oc2ccc(NC(=O)c3c(OC)cccc3OC)cc2CN(CCc2ccc(OC)c(OC)c2)C1=O. The lowest BCUT2D eigenvalue weighted by Crippen LogP contribution is -2.40. The number of carbonyl (C=O) groups excluding carboxylic acids is 2. The van der Waals surface area contributed by atoms with Gasteiger partial charge in [-0.3, -0.25) is 9.59 Å². The highest BCUT2D eigenvalue weighted by Gasteiger charge is 2.30. The van der Waals surface area contributed by atoms with E-state index >= 15 is 0 Å². The van der Waals surface area contributed by atoms with Gasteiger partial charge in [-0.2, -0.15) is 0 Å². The fourth-order valence-corrected chi connectivity index (χ4v) is 4.60. The maximum absolute atomic E-state index is 13.3. The maximum atomic E-state index is 13.3. The standard InChI is InChI=1S/C30H34N2O7/c1-6-22-30(34)32(15-14-19-10-12-24(35-2)27(16-19)38-5)18-20-17-21(11-13-23(20)39-22)31-29(33)28-25(36-3)8-7-9-26(28)37-4/h7-13,16-17,22H,6,14-15,18H2,1-5H3,(H,31,33). The van der Waals surface area contributed by atoms with Crippen LogP contribution in [0.5, 0.6) is 28.7 Å². The largest absolute Gasteiger partial charge is 0.496 e. The monoisotopic (exact) mass is 534 g/mol. The first-order chi connectivity index (χ1) is 18.9. The Labute approximate surface area is 228 Å². The molecule has 9 heteroatoms. The first-order valence-electron chi connectivity index (χ1n) is 12.7. The van der Waals surface area contributed by atoms with Crippen LogP contribution in [0.15, 0.2) is 54.6 Å². The summed E-state index contributed by atoms with van der Waals surface area (Å²) in [5.41, 5.74) is 2.69. The van der Waals surface area contributed by atoms with Crippen LogP contribution in [-0.4, -0.2) is 57.8 Å². The average molecular weight is 535 g/mol. The molecule has 1 N–H and O–H groups in total. The minimum absolute atomic E-state index is 0.0708. The molecule has 3 aromatic carbocycles. The lowest BCUT2D eigenvalue weighted by atomic mass is 10.1. The van der Waals surface area contributed by atoms with Crippen LogP contribution in [0.25, 0.3) is 0 Å². The number of rotatable bonds is 10. The van der Waals surface area contributed by atoms with Crippen molar-refractivity contribution in [1.82, 2.24) is 4.90 Å². The van der Waals surface area contributed by atoms with E-state index in [0.717, 1.165) is 11.1 Å². The highest BCUT2D eigenvalue weighted by molar-refractivity contribution is 6.08. The van der Waals surface area contributed by atoms with E-state index in [1.54, 1.807) is 49.5 Å². The van der Waals surface area contributed by atoms with Gasteiger partial charge in [-0.15, -0.1) is 0 Å². The minimum Gasteiger partial charge on any atom is -0.496 e. The maximum Gasteiger partial charge on any atom is 0.263 e. The summed E-state index contributed by atoms with van der Waals surface area (Å²) in [5.74, 6) is 2.29. The molecule has 1 heterocycles. The van der Waals surface area contributed by atoms with Gasteiger partial charge < -0.3 is 33.9 Å². The lowest BCUT2D eigenvalue weighted by Gasteiger charge is -2.23. The van der Waals surface area contributed by atoms with E-state index in [0.29, 0.717) is 65.9 Å². The number of ether oxygens (including phenoxy) is 5. The van der Waals surface area contributed by atoms with Gasteiger partial charge >= 0.3 is 0 Å². The van der Waals surface area contributed by atoms with Gasteiger partial charge in [-0.05, 0) is 60.9 Å². The molecule has 206 valence electrons. The molecule has 1 atom stereocenters. The first kappa shape index (κ1) is 27.6. The van der Waals surface area contributed by atoms with Crippen LogP contribution in [0.1, 0.15) is 34.8 Å². The zero-order valence-electron chi connectivity index (χ0n) is 22.9. The molecule has 4 rings (SSSR count). The van der Waals surface area contributed by atoms with E-state index in [4.69, 9.17) is 23.7 Å². The molecule has 0 radical (unpaired) electrons. The van der Waals surface area contributed by atoms with Crippen molar-refractivity contribution in [3.05, 3.63) is 71.3 Å². The van der Waals surface area contributed by atoms with E-state index in [1.807, 2.05) is 31.2 Å². The summed E-state index contributed by atoms with van der Waals surface area (Å²) < 4.78 is 27.6. The van der Waals surface area contributed by atoms with Crippen molar-refractivity contribution in [2.24, 2.45) is 0 Å². The zero-order chi connectivity index (χ0) is 27.9. The number of methoxy groups -OCH3 is 4. The van der Waals surface area contributed by atoms with Crippen molar-refractivity contribution in [3.8, 4) is 28.7 Å². The third-order valence-corrected chi connectivity index (χ3v) is 6.68. The summed E-state index contributed by atoms with van der Waals surface area (Å²) in [6.45, 7) is 2.76. The molecule has 0 aromatic heterocycles. The molecule has 0 spiro atoms. The van der Waals surface area contributed by atoms with E-state index in [-0.39, 0.29) is 11.8 Å². The zero-order valence-corrected chi connectivity index (χ0v) is 22.9. The van der Waals surface area contributed by atoms with Crippen LogP contribution in [0.3, 0.4) is 0 Å². The number of carbonyl (C=O) groups is 2. The van der Waals surface area contributed by atoms with Crippen LogP contribution >= 0.6 is 0 Å². The molecular formula is C30H34N2O7. The van der Waals surface area contributed by atoms with Crippen LogP contribution < -0.4 is 29.0 Å². The fourth-order valence-electron chi connectivity index (χ4n) is 4.60. The topological polar surface area (TPSA) is 95.6 Å². The molecule has 0 saturated heterocycles. The third-order valence-electron chi connectivity index (χ3n) is 6.68. The Morgan fingerprint density at radius 2 is 1.62 bits per heavy atom. The first-order valence-corrected chi connectivity index (χ1v) is 12.7. The van der Waals surface area contributed by atoms with E-state index < -0.39 is 6.10 Å². The Balaban J connectivity index is 1.56. The minimum atomic E-state index is -0.588. The summed E-state index contributed by atoms with van der Waals surface area (Å²) in [5, 5.41) is 2.93. The van der Waals surface area contributed by atoms with Crippen LogP contribution in [-0.2, 0) is 17.8 Å². The van der Waals surface area contributed by atoms with Crippen molar-refractivity contribution in [1.29, 1.82) is 0 Å². The molecule has 1 unspecified atom stereocenters. The number of nitrogens with zero attached hydrogens (tertiary/aromatic N) is 1. The summed E-state index contributed by atoms with van der Waals surface area (Å²) >= 11 is 0. The van der Waals surface area contributed by atoms with Crippen molar-refractivity contribution < 1.29 is 33.3 Å². The van der Waals surface area contributed by atoms with E-state index in [9.17, 15) is 9.59 Å². The predicted octanol–water partition coefficient (Wildman–Crippen LogP) is 4.72. The number of hydrogen-bond donors (Lipinski definition) is 1. The summed E-state index contributed by atoms with van der Waals surface area (Å²) in [6, 6.07) is 16.3. The van der Waals surface area contributed by atoms with Crippen molar-refractivity contribution >= 4 is 17.5 Å². The quantitative estimate of drug-likeness (QED) is 0.402. The lowest BCUT2D eigenvalue weighted by molar-refractivity contribution is -0.138. The second kappa shape index (κ2) is 12.4. The summed E-state index contributed by atoms with van der Waals surface area (Å²) in [6.07, 6.45) is 0.578. The van der Waals surface area contributed by atoms with E-state index in [1.165, 1.54) is 14.2 Å².